The van der Waals surface area contributed by atoms with Crippen molar-refractivity contribution in [2.24, 2.45) is 0 Å². The van der Waals surface area contributed by atoms with E-state index in [-0.39, 0.29) is 24.8 Å². The van der Waals surface area contributed by atoms with Crippen molar-refractivity contribution in [1.82, 2.24) is 0 Å². The summed E-state index contributed by atoms with van der Waals surface area (Å²) in [5.41, 5.74) is 1.93. The van der Waals surface area contributed by atoms with Gasteiger partial charge < -0.3 is 10.2 Å². The molecule has 0 saturated heterocycles. The van der Waals surface area contributed by atoms with Crippen molar-refractivity contribution < 1.29 is 9.59 Å². The highest BCUT2D eigenvalue weighted by atomic mass is 35.5. The molecule has 3 rings (SSSR count). The molecular weight excluding hydrogens is 331 g/mol. The molecule has 1 aromatic carbocycles. The van der Waals surface area contributed by atoms with Crippen LogP contribution in [-0.4, -0.2) is 24.8 Å². The van der Waals surface area contributed by atoms with E-state index in [1.165, 1.54) is 0 Å². The Morgan fingerprint density at radius 2 is 2.10 bits per heavy atom. The summed E-state index contributed by atoms with van der Waals surface area (Å²) in [6, 6.07) is 8.93. The second-order valence-corrected chi connectivity index (χ2v) is 6.87. The molecule has 1 N–H and O–H groups in total. The van der Waals surface area contributed by atoms with E-state index in [4.69, 9.17) is 23.2 Å². The number of halogens is 2. The van der Waals surface area contributed by atoms with Crippen molar-refractivity contribution in [3.63, 3.8) is 0 Å². The Morgan fingerprint density at radius 1 is 1.33 bits per heavy atom. The predicted molar refractivity (Wildman–Crippen MR) is 86.0 cm³/mol. The van der Waals surface area contributed by atoms with Gasteiger partial charge in [-0.15, -0.1) is 11.3 Å². The fourth-order valence-corrected chi connectivity index (χ4v) is 3.73. The monoisotopic (exact) mass is 340 g/mol. The number of para-hydroxylation sites is 2. The molecule has 2 aromatic rings. The third-order valence-corrected chi connectivity index (χ3v) is 4.63. The molecule has 0 unspecified atom stereocenters. The first-order valence-electron chi connectivity index (χ1n) is 6.16. The van der Waals surface area contributed by atoms with Crippen LogP contribution in [0.15, 0.2) is 30.3 Å². The van der Waals surface area contributed by atoms with Crippen LogP contribution in [0.25, 0.3) is 0 Å². The molecule has 1 aromatic heterocycles. The first kappa shape index (κ1) is 14.4. The van der Waals surface area contributed by atoms with E-state index in [9.17, 15) is 9.59 Å². The number of nitrogens with one attached hydrogen (secondary N) is 1. The molecule has 0 saturated carbocycles. The number of rotatable bonds is 3. The van der Waals surface area contributed by atoms with Crippen molar-refractivity contribution in [2.45, 2.75) is 0 Å². The van der Waals surface area contributed by atoms with E-state index in [0.717, 1.165) is 17.0 Å². The van der Waals surface area contributed by atoms with Crippen LogP contribution >= 0.6 is 34.5 Å². The average Bonchev–Trinajstić information content (AvgIpc) is 2.77. The van der Waals surface area contributed by atoms with Gasteiger partial charge in [0.1, 0.15) is 4.34 Å². The van der Waals surface area contributed by atoms with Crippen LogP contribution in [0, 0.1) is 0 Å². The highest BCUT2D eigenvalue weighted by Crippen LogP contribution is 2.33. The summed E-state index contributed by atoms with van der Waals surface area (Å²) in [6.07, 6.45) is 0. The summed E-state index contributed by atoms with van der Waals surface area (Å²) < 4.78 is 0.847. The second kappa shape index (κ2) is 5.67. The molecule has 0 bridgehead atoms. The zero-order chi connectivity index (χ0) is 15.0. The molecule has 1 aliphatic heterocycles. The van der Waals surface area contributed by atoms with Crippen molar-refractivity contribution in [3.8, 4) is 0 Å². The molecule has 0 radical (unpaired) electrons. The number of ketones is 1. The lowest BCUT2D eigenvalue weighted by atomic mass is 10.1. The van der Waals surface area contributed by atoms with Gasteiger partial charge >= 0.3 is 0 Å². The van der Waals surface area contributed by atoms with E-state index in [1.54, 1.807) is 17.0 Å². The quantitative estimate of drug-likeness (QED) is 0.866. The molecule has 0 aliphatic carbocycles. The molecule has 0 fully saturated rings. The summed E-state index contributed by atoms with van der Waals surface area (Å²) in [7, 11) is 0. The zero-order valence-corrected chi connectivity index (χ0v) is 13.1. The van der Waals surface area contributed by atoms with Gasteiger partial charge in [-0.25, -0.2) is 0 Å². The smallest absolute Gasteiger partial charge is 0.243 e. The second-order valence-electron chi connectivity index (χ2n) is 4.58. The molecule has 0 atom stereocenters. The standard InChI is InChI=1S/C14H10Cl2N2O2S/c15-12-5-8(14(16)21-12)11(19)6-18-7-13(20)17-9-3-1-2-4-10(9)18/h1-5H,6-7H2,(H,17,20). The number of carbonyl (C=O) groups excluding carboxylic acids is 2. The fourth-order valence-electron chi connectivity index (χ4n) is 2.23. The first-order valence-corrected chi connectivity index (χ1v) is 7.73. The van der Waals surface area contributed by atoms with Crippen LogP contribution < -0.4 is 10.2 Å². The summed E-state index contributed by atoms with van der Waals surface area (Å²) >= 11 is 13.0. The molecule has 4 nitrogen and oxygen atoms in total. The lowest BCUT2D eigenvalue weighted by molar-refractivity contribution is -0.115. The number of nitrogens with zero attached hydrogens (tertiary/aromatic N) is 1. The maximum Gasteiger partial charge on any atom is 0.243 e. The van der Waals surface area contributed by atoms with Crippen LogP contribution in [0.5, 0.6) is 0 Å². The number of carbonyl (C=O) groups is 2. The molecule has 1 aliphatic rings. The minimum Gasteiger partial charge on any atom is -0.353 e. The van der Waals surface area contributed by atoms with Crippen molar-refractivity contribution in [3.05, 3.63) is 44.6 Å². The number of thiophene rings is 1. The lowest BCUT2D eigenvalue weighted by Crippen LogP contribution is -2.41. The maximum atomic E-state index is 12.4. The SMILES string of the molecule is O=C1CN(CC(=O)c2cc(Cl)sc2Cl)c2ccccc2N1. The van der Waals surface area contributed by atoms with Crippen LogP contribution in [0.2, 0.25) is 8.67 Å². The van der Waals surface area contributed by atoms with E-state index < -0.39 is 0 Å². The average molecular weight is 341 g/mol. The summed E-state index contributed by atoms with van der Waals surface area (Å²) in [4.78, 5) is 25.8. The highest BCUT2D eigenvalue weighted by molar-refractivity contribution is 7.20. The molecular formula is C14H10Cl2N2O2S. The van der Waals surface area contributed by atoms with Crippen LogP contribution in [0.4, 0.5) is 11.4 Å². The molecule has 2 heterocycles. The minimum atomic E-state index is -0.160. The molecule has 7 heteroatoms. The molecule has 0 spiro atoms. The number of fused-ring (bicyclic) bond motifs is 1. The van der Waals surface area contributed by atoms with Crippen LogP contribution in [0.1, 0.15) is 10.4 Å². The Hall–Kier alpha value is -1.56. The van der Waals surface area contributed by atoms with Gasteiger partial charge in [-0.1, -0.05) is 35.3 Å². The lowest BCUT2D eigenvalue weighted by Gasteiger charge is -2.30. The van der Waals surface area contributed by atoms with Gasteiger partial charge in [0.2, 0.25) is 5.91 Å². The Balaban J connectivity index is 1.87. The summed E-state index contributed by atoms with van der Waals surface area (Å²) in [6.45, 7) is 0.218. The Labute approximate surface area is 135 Å². The predicted octanol–water partition coefficient (Wildman–Crippen LogP) is 3.70. The van der Waals surface area contributed by atoms with E-state index in [0.29, 0.717) is 19.9 Å². The van der Waals surface area contributed by atoms with Crippen LogP contribution in [0.3, 0.4) is 0 Å². The molecule has 108 valence electrons. The Bertz CT molecular complexity index is 730. The largest absolute Gasteiger partial charge is 0.353 e. The normalized spacial score (nSPS) is 13.8. The Kier molecular flexibility index (Phi) is 3.89. The number of hydrogen-bond donors (Lipinski definition) is 1. The molecule has 1 amide bonds. The number of hydrogen-bond acceptors (Lipinski definition) is 4. The third-order valence-electron chi connectivity index (χ3n) is 3.14. The number of benzene rings is 1. The topological polar surface area (TPSA) is 49.4 Å². The van der Waals surface area contributed by atoms with E-state index >= 15 is 0 Å². The van der Waals surface area contributed by atoms with E-state index in [2.05, 4.69) is 5.32 Å². The van der Waals surface area contributed by atoms with Crippen molar-refractivity contribution >= 4 is 57.6 Å². The van der Waals surface area contributed by atoms with Gasteiger partial charge in [0, 0.05) is 0 Å². The van der Waals surface area contributed by atoms with Crippen molar-refractivity contribution in [1.29, 1.82) is 0 Å². The zero-order valence-electron chi connectivity index (χ0n) is 10.7. The third kappa shape index (κ3) is 2.90. The molecule has 21 heavy (non-hydrogen) atoms. The number of amides is 1. The first-order chi connectivity index (χ1) is 10.0. The van der Waals surface area contributed by atoms with Gasteiger partial charge in [0.05, 0.1) is 34.4 Å². The number of Topliss-reactive ketones (excluding diaryl/α,β-unsaturated/α-hetero) is 1. The minimum absolute atomic E-state index is 0.0806. The van der Waals surface area contributed by atoms with Gasteiger partial charge in [0.15, 0.2) is 5.78 Å². The highest BCUT2D eigenvalue weighted by Gasteiger charge is 2.25. The fraction of sp³-hybridized carbons (Fsp3) is 0.143. The van der Waals surface area contributed by atoms with Crippen molar-refractivity contribution in [2.75, 3.05) is 23.3 Å². The summed E-state index contributed by atoms with van der Waals surface area (Å²) in [5, 5.41) is 2.78. The van der Waals surface area contributed by atoms with Crippen LogP contribution in [-0.2, 0) is 4.79 Å². The van der Waals surface area contributed by atoms with Gasteiger partial charge in [0.25, 0.3) is 0 Å². The number of anilines is 2. The van der Waals surface area contributed by atoms with Gasteiger partial charge in [-0.05, 0) is 18.2 Å². The Morgan fingerprint density at radius 3 is 2.81 bits per heavy atom. The van der Waals surface area contributed by atoms with E-state index in [1.807, 2.05) is 18.2 Å². The van der Waals surface area contributed by atoms with Gasteiger partial charge in [-0.3, -0.25) is 9.59 Å². The summed E-state index contributed by atoms with van der Waals surface area (Å²) in [5.74, 6) is -0.302. The van der Waals surface area contributed by atoms with Gasteiger partial charge in [-0.2, -0.15) is 0 Å². The maximum absolute atomic E-state index is 12.4.